The van der Waals surface area contributed by atoms with Gasteiger partial charge in [0.25, 0.3) is 0 Å². The van der Waals surface area contributed by atoms with Gasteiger partial charge in [-0.25, -0.2) is 4.98 Å². The molecule has 0 fully saturated rings. The minimum atomic E-state index is 0.780. The van der Waals surface area contributed by atoms with Crippen molar-refractivity contribution in [3.05, 3.63) is 41.9 Å². The Hall–Kier alpha value is -1.57. The van der Waals surface area contributed by atoms with Gasteiger partial charge < -0.3 is 4.57 Å². The highest BCUT2D eigenvalue weighted by atomic mass is 15.1. The van der Waals surface area contributed by atoms with Gasteiger partial charge in [-0.15, -0.1) is 0 Å². The van der Waals surface area contributed by atoms with Gasteiger partial charge in [0.05, 0.1) is 5.69 Å². The Balaban J connectivity index is 1.92. The summed E-state index contributed by atoms with van der Waals surface area (Å²) in [5, 5.41) is 0. The van der Waals surface area contributed by atoms with E-state index in [1.54, 1.807) is 0 Å². The predicted octanol–water partition coefficient (Wildman–Crippen LogP) is 3.69. The number of benzene rings is 1. The number of hydrogen-bond donors (Lipinski definition) is 0. The normalized spacial score (nSPS) is 18.7. The van der Waals surface area contributed by atoms with Crippen molar-refractivity contribution in [3.63, 3.8) is 0 Å². The fourth-order valence-corrected chi connectivity index (χ4v) is 2.66. The second kappa shape index (κ2) is 4.60. The maximum Gasteiger partial charge on any atom is 0.109 e. The van der Waals surface area contributed by atoms with Gasteiger partial charge in [0.2, 0.25) is 0 Å². The lowest BCUT2D eigenvalue weighted by atomic mass is 10.0. The van der Waals surface area contributed by atoms with E-state index in [1.807, 2.05) is 0 Å². The van der Waals surface area contributed by atoms with Crippen molar-refractivity contribution in [2.45, 2.75) is 39.7 Å². The Kier molecular flexibility index (Phi) is 2.94. The predicted molar refractivity (Wildman–Crippen MR) is 74.5 cm³/mol. The van der Waals surface area contributed by atoms with E-state index in [1.165, 1.54) is 23.4 Å². The molecule has 18 heavy (non-hydrogen) atoms. The molecule has 94 valence electrons. The van der Waals surface area contributed by atoms with Crippen LogP contribution >= 0.6 is 0 Å². The molecule has 2 nitrogen and oxygen atoms in total. The maximum atomic E-state index is 4.77. The molecule has 2 aromatic rings. The number of nitrogens with zero attached hydrogens (tertiary/aromatic N) is 2. The molecule has 0 N–H and O–H groups in total. The molecule has 2 heteroatoms. The number of fused-ring (bicyclic) bond motifs is 1. The van der Waals surface area contributed by atoms with Gasteiger partial charge >= 0.3 is 0 Å². The zero-order chi connectivity index (χ0) is 12.5. The number of imidazole rings is 1. The van der Waals surface area contributed by atoms with E-state index >= 15 is 0 Å². The molecule has 0 saturated heterocycles. The maximum absolute atomic E-state index is 4.77. The smallest absolute Gasteiger partial charge is 0.109 e. The van der Waals surface area contributed by atoms with E-state index in [0.717, 1.165) is 31.0 Å². The van der Waals surface area contributed by atoms with Gasteiger partial charge in [-0.05, 0) is 24.3 Å². The summed E-state index contributed by atoms with van der Waals surface area (Å²) in [4.78, 5) is 4.77. The minimum Gasteiger partial charge on any atom is -0.334 e. The molecule has 1 aliphatic heterocycles. The largest absolute Gasteiger partial charge is 0.334 e. The van der Waals surface area contributed by atoms with Crippen LogP contribution in [0.2, 0.25) is 0 Å². The van der Waals surface area contributed by atoms with Gasteiger partial charge in [-0.3, -0.25) is 0 Å². The van der Waals surface area contributed by atoms with E-state index in [9.17, 15) is 0 Å². The van der Waals surface area contributed by atoms with Crippen LogP contribution in [-0.4, -0.2) is 9.55 Å². The summed E-state index contributed by atoms with van der Waals surface area (Å²) in [5.74, 6) is 2.03. The zero-order valence-electron chi connectivity index (χ0n) is 11.2. The van der Waals surface area contributed by atoms with Crippen molar-refractivity contribution in [2.24, 2.45) is 5.92 Å². The standard InChI is InChI=1S/C16H20N2/c1-3-13-5-7-14(8-6-13)15-11-18-10-12(2)4-9-16(18)17-15/h5-8,11-12H,3-4,9-10H2,1-2H3. The number of aromatic nitrogens is 2. The van der Waals surface area contributed by atoms with Crippen molar-refractivity contribution in [1.29, 1.82) is 0 Å². The molecule has 0 bridgehead atoms. The summed E-state index contributed by atoms with van der Waals surface area (Å²) in [6.45, 7) is 5.62. The summed E-state index contributed by atoms with van der Waals surface area (Å²) in [7, 11) is 0. The van der Waals surface area contributed by atoms with Crippen LogP contribution in [0.1, 0.15) is 31.7 Å². The fourth-order valence-electron chi connectivity index (χ4n) is 2.66. The quantitative estimate of drug-likeness (QED) is 0.782. The zero-order valence-corrected chi connectivity index (χ0v) is 11.2. The Morgan fingerprint density at radius 1 is 1.28 bits per heavy atom. The van der Waals surface area contributed by atoms with Crippen molar-refractivity contribution in [3.8, 4) is 11.3 Å². The molecule has 1 atom stereocenters. The number of rotatable bonds is 2. The van der Waals surface area contributed by atoms with Crippen molar-refractivity contribution >= 4 is 0 Å². The topological polar surface area (TPSA) is 17.8 Å². The highest BCUT2D eigenvalue weighted by Gasteiger charge is 2.17. The van der Waals surface area contributed by atoms with Gasteiger partial charge in [0.15, 0.2) is 0 Å². The molecule has 3 rings (SSSR count). The highest BCUT2D eigenvalue weighted by molar-refractivity contribution is 5.59. The Bertz CT molecular complexity index is 537. The van der Waals surface area contributed by atoms with Gasteiger partial charge in [-0.2, -0.15) is 0 Å². The number of aryl methyl sites for hydroxylation is 2. The van der Waals surface area contributed by atoms with Crippen LogP contribution in [0.15, 0.2) is 30.5 Å². The Morgan fingerprint density at radius 2 is 2.06 bits per heavy atom. The molecule has 1 aromatic carbocycles. The van der Waals surface area contributed by atoms with Crippen LogP contribution in [0, 0.1) is 5.92 Å². The molecule has 2 heterocycles. The molecule has 0 amide bonds. The fraction of sp³-hybridized carbons (Fsp3) is 0.438. The summed E-state index contributed by atoms with van der Waals surface area (Å²) >= 11 is 0. The second-order valence-corrected chi connectivity index (χ2v) is 5.39. The second-order valence-electron chi connectivity index (χ2n) is 5.39. The number of hydrogen-bond acceptors (Lipinski definition) is 1. The summed E-state index contributed by atoms with van der Waals surface area (Å²) in [6, 6.07) is 8.79. The third-order valence-corrected chi connectivity index (χ3v) is 3.89. The average Bonchev–Trinajstić information content (AvgIpc) is 2.81. The van der Waals surface area contributed by atoms with E-state index in [-0.39, 0.29) is 0 Å². The van der Waals surface area contributed by atoms with Crippen LogP contribution < -0.4 is 0 Å². The Labute approximate surface area is 109 Å². The summed E-state index contributed by atoms with van der Waals surface area (Å²) < 4.78 is 2.33. The van der Waals surface area contributed by atoms with E-state index in [2.05, 4.69) is 48.9 Å². The Morgan fingerprint density at radius 3 is 2.78 bits per heavy atom. The van der Waals surface area contributed by atoms with E-state index < -0.39 is 0 Å². The molecule has 1 aromatic heterocycles. The molecular formula is C16H20N2. The molecule has 0 radical (unpaired) electrons. The van der Waals surface area contributed by atoms with Crippen LogP contribution in [-0.2, 0) is 19.4 Å². The molecule has 1 unspecified atom stereocenters. The van der Waals surface area contributed by atoms with E-state index in [0.29, 0.717) is 0 Å². The highest BCUT2D eigenvalue weighted by Crippen LogP contribution is 2.24. The van der Waals surface area contributed by atoms with Crippen molar-refractivity contribution in [2.75, 3.05) is 0 Å². The minimum absolute atomic E-state index is 0.780. The third-order valence-electron chi connectivity index (χ3n) is 3.89. The van der Waals surface area contributed by atoms with Crippen molar-refractivity contribution < 1.29 is 0 Å². The third kappa shape index (κ3) is 2.07. The summed E-state index contributed by atoms with van der Waals surface area (Å²) in [6.07, 6.45) is 5.70. The molecule has 1 aliphatic rings. The van der Waals surface area contributed by atoms with Gasteiger partial charge in [0, 0.05) is 24.7 Å². The van der Waals surface area contributed by atoms with Crippen LogP contribution in [0.4, 0.5) is 0 Å². The molecule has 0 aliphatic carbocycles. The van der Waals surface area contributed by atoms with E-state index in [4.69, 9.17) is 4.98 Å². The first-order chi connectivity index (χ1) is 8.76. The lowest BCUT2D eigenvalue weighted by Crippen LogP contribution is -2.17. The molecule has 0 spiro atoms. The van der Waals surface area contributed by atoms with Gasteiger partial charge in [0.1, 0.15) is 5.82 Å². The lowest BCUT2D eigenvalue weighted by Gasteiger charge is -2.19. The molecule has 0 saturated carbocycles. The van der Waals surface area contributed by atoms with Crippen LogP contribution in [0.25, 0.3) is 11.3 Å². The van der Waals surface area contributed by atoms with Crippen LogP contribution in [0.5, 0.6) is 0 Å². The average molecular weight is 240 g/mol. The first kappa shape index (κ1) is 11.5. The first-order valence-corrected chi connectivity index (χ1v) is 6.91. The first-order valence-electron chi connectivity index (χ1n) is 6.91. The summed E-state index contributed by atoms with van der Waals surface area (Å²) in [5.41, 5.74) is 3.75. The molecular weight excluding hydrogens is 220 g/mol. The van der Waals surface area contributed by atoms with Gasteiger partial charge in [-0.1, -0.05) is 38.1 Å². The monoisotopic (exact) mass is 240 g/mol. The lowest BCUT2D eigenvalue weighted by molar-refractivity contribution is 0.394. The SMILES string of the molecule is CCc1ccc(-c2cn3c(n2)CCC(C)C3)cc1. The van der Waals surface area contributed by atoms with Crippen molar-refractivity contribution in [1.82, 2.24) is 9.55 Å². The van der Waals surface area contributed by atoms with Crippen LogP contribution in [0.3, 0.4) is 0 Å².